The summed E-state index contributed by atoms with van der Waals surface area (Å²) in [7, 11) is 0. The summed E-state index contributed by atoms with van der Waals surface area (Å²) in [6, 6.07) is 6.48. The first-order valence-electron chi connectivity index (χ1n) is 5.84. The minimum absolute atomic E-state index is 0.514. The third kappa shape index (κ3) is 3.19. The van der Waals surface area contributed by atoms with E-state index in [2.05, 4.69) is 50.9 Å². The first-order chi connectivity index (χ1) is 7.19. The van der Waals surface area contributed by atoms with Gasteiger partial charge in [-0.05, 0) is 29.9 Å². The second kappa shape index (κ2) is 5.69. The maximum Gasteiger partial charge on any atom is 0.0689 e. The highest BCUT2D eigenvalue weighted by Gasteiger charge is 2.03. The van der Waals surface area contributed by atoms with E-state index in [1.807, 2.05) is 6.21 Å². The van der Waals surface area contributed by atoms with Crippen molar-refractivity contribution in [1.82, 2.24) is 0 Å². The van der Waals surface area contributed by atoms with Gasteiger partial charge in [-0.15, -0.1) is 0 Å². The van der Waals surface area contributed by atoms with E-state index in [1.165, 1.54) is 16.8 Å². The van der Waals surface area contributed by atoms with E-state index >= 15 is 0 Å². The number of rotatable bonds is 4. The molecule has 15 heavy (non-hydrogen) atoms. The SMILES string of the molecule is CCc1cccc(CC)c1N=CC(C)C. The molecule has 0 radical (unpaired) electrons. The smallest absolute Gasteiger partial charge is 0.0689 e. The summed E-state index contributed by atoms with van der Waals surface area (Å²) in [6.07, 6.45) is 4.14. The molecule has 0 bridgehead atoms. The van der Waals surface area contributed by atoms with Gasteiger partial charge in [0.15, 0.2) is 0 Å². The highest BCUT2D eigenvalue weighted by Crippen LogP contribution is 2.25. The van der Waals surface area contributed by atoms with Gasteiger partial charge in [-0.3, -0.25) is 4.99 Å². The van der Waals surface area contributed by atoms with Crippen LogP contribution in [-0.2, 0) is 12.8 Å². The van der Waals surface area contributed by atoms with Crippen molar-refractivity contribution >= 4 is 11.9 Å². The zero-order valence-corrected chi connectivity index (χ0v) is 10.2. The Kier molecular flexibility index (Phi) is 4.54. The van der Waals surface area contributed by atoms with Crippen LogP contribution in [-0.4, -0.2) is 6.21 Å². The van der Waals surface area contributed by atoms with Crippen LogP contribution in [0.1, 0.15) is 38.8 Å². The van der Waals surface area contributed by atoms with Crippen LogP contribution in [0.3, 0.4) is 0 Å². The van der Waals surface area contributed by atoms with Gasteiger partial charge < -0.3 is 0 Å². The normalized spacial score (nSPS) is 11.5. The first kappa shape index (κ1) is 12.0. The predicted molar refractivity (Wildman–Crippen MR) is 68.2 cm³/mol. The van der Waals surface area contributed by atoms with Crippen LogP contribution in [0.25, 0.3) is 0 Å². The molecule has 0 aliphatic heterocycles. The number of aryl methyl sites for hydroxylation is 2. The Bertz CT molecular complexity index is 315. The van der Waals surface area contributed by atoms with E-state index in [0.29, 0.717) is 5.92 Å². The maximum atomic E-state index is 4.62. The molecule has 1 aromatic carbocycles. The van der Waals surface area contributed by atoms with Crippen molar-refractivity contribution in [3.63, 3.8) is 0 Å². The molecular weight excluding hydrogens is 182 g/mol. The summed E-state index contributed by atoms with van der Waals surface area (Å²) in [5, 5.41) is 0. The minimum atomic E-state index is 0.514. The summed E-state index contributed by atoms with van der Waals surface area (Å²) in [5.41, 5.74) is 3.90. The Morgan fingerprint density at radius 3 is 2.07 bits per heavy atom. The van der Waals surface area contributed by atoms with E-state index in [-0.39, 0.29) is 0 Å². The Balaban J connectivity index is 3.10. The quantitative estimate of drug-likeness (QED) is 0.651. The van der Waals surface area contributed by atoms with Crippen LogP contribution in [0.5, 0.6) is 0 Å². The van der Waals surface area contributed by atoms with Crippen LogP contribution in [0.4, 0.5) is 5.69 Å². The number of aliphatic imine (C=N–C) groups is 1. The molecule has 0 aliphatic rings. The predicted octanol–water partition coefficient (Wildman–Crippen LogP) is 4.17. The van der Waals surface area contributed by atoms with Crippen molar-refractivity contribution in [2.45, 2.75) is 40.5 Å². The largest absolute Gasteiger partial charge is 0.260 e. The fourth-order valence-electron chi connectivity index (χ4n) is 1.60. The molecule has 0 aromatic heterocycles. The fraction of sp³-hybridized carbons (Fsp3) is 0.500. The Morgan fingerprint density at radius 2 is 1.67 bits per heavy atom. The average molecular weight is 203 g/mol. The van der Waals surface area contributed by atoms with Crippen molar-refractivity contribution in [1.29, 1.82) is 0 Å². The third-order valence-corrected chi connectivity index (χ3v) is 2.47. The van der Waals surface area contributed by atoms with Gasteiger partial charge in [0, 0.05) is 6.21 Å². The van der Waals surface area contributed by atoms with Gasteiger partial charge in [-0.2, -0.15) is 0 Å². The molecule has 1 aromatic rings. The molecule has 0 spiro atoms. The molecule has 1 heteroatoms. The summed E-state index contributed by atoms with van der Waals surface area (Å²) in [5.74, 6) is 0.514. The molecule has 0 aliphatic carbocycles. The van der Waals surface area contributed by atoms with E-state index < -0.39 is 0 Å². The third-order valence-electron chi connectivity index (χ3n) is 2.47. The van der Waals surface area contributed by atoms with Crippen molar-refractivity contribution in [3.05, 3.63) is 29.3 Å². The molecule has 0 amide bonds. The topological polar surface area (TPSA) is 12.4 Å². The Hall–Kier alpha value is -1.11. The monoisotopic (exact) mass is 203 g/mol. The lowest BCUT2D eigenvalue weighted by Gasteiger charge is -2.08. The van der Waals surface area contributed by atoms with Crippen LogP contribution in [0.2, 0.25) is 0 Å². The van der Waals surface area contributed by atoms with Crippen LogP contribution in [0, 0.1) is 5.92 Å². The molecule has 0 saturated carbocycles. The molecule has 1 nitrogen and oxygen atoms in total. The standard InChI is InChI=1S/C14H21N/c1-5-12-8-7-9-13(6-2)14(12)15-10-11(3)4/h7-11H,5-6H2,1-4H3. The molecule has 0 atom stereocenters. The minimum Gasteiger partial charge on any atom is -0.260 e. The number of benzene rings is 1. The molecule has 0 saturated heterocycles. The van der Waals surface area contributed by atoms with E-state index in [0.717, 1.165) is 12.8 Å². The molecule has 0 N–H and O–H groups in total. The molecule has 82 valence electrons. The number of hydrogen-bond acceptors (Lipinski definition) is 1. The zero-order valence-electron chi connectivity index (χ0n) is 10.2. The van der Waals surface area contributed by atoms with E-state index in [1.54, 1.807) is 0 Å². The summed E-state index contributed by atoms with van der Waals surface area (Å²) in [4.78, 5) is 4.62. The Labute approximate surface area is 93.2 Å². The van der Waals surface area contributed by atoms with E-state index in [4.69, 9.17) is 0 Å². The molecule has 0 fully saturated rings. The van der Waals surface area contributed by atoms with Crippen LogP contribution >= 0.6 is 0 Å². The van der Waals surface area contributed by atoms with Crippen molar-refractivity contribution in [3.8, 4) is 0 Å². The van der Waals surface area contributed by atoms with Gasteiger partial charge in [0.1, 0.15) is 0 Å². The summed E-state index contributed by atoms with van der Waals surface area (Å²) < 4.78 is 0. The molecular formula is C14H21N. The lowest BCUT2D eigenvalue weighted by atomic mass is 10.0. The van der Waals surface area contributed by atoms with Gasteiger partial charge in [-0.1, -0.05) is 45.9 Å². The fourth-order valence-corrected chi connectivity index (χ4v) is 1.60. The highest BCUT2D eigenvalue weighted by molar-refractivity contribution is 5.68. The van der Waals surface area contributed by atoms with Crippen molar-refractivity contribution < 1.29 is 0 Å². The second-order valence-corrected chi connectivity index (χ2v) is 4.15. The van der Waals surface area contributed by atoms with Gasteiger partial charge in [0.05, 0.1) is 5.69 Å². The Morgan fingerprint density at radius 1 is 1.13 bits per heavy atom. The van der Waals surface area contributed by atoms with E-state index in [9.17, 15) is 0 Å². The average Bonchev–Trinajstić information content (AvgIpc) is 2.25. The lowest BCUT2D eigenvalue weighted by molar-refractivity contribution is 0.906. The number of para-hydroxylation sites is 1. The lowest BCUT2D eigenvalue weighted by Crippen LogP contribution is -1.91. The van der Waals surface area contributed by atoms with Gasteiger partial charge in [0.25, 0.3) is 0 Å². The maximum absolute atomic E-state index is 4.62. The van der Waals surface area contributed by atoms with Crippen LogP contribution < -0.4 is 0 Å². The van der Waals surface area contributed by atoms with Gasteiger partial charge in [0.2, 0.25) is 0 Å². The number of hydrogen-bond donors (Lipinski definition) is 0. The first-order valence-corrected chi connectivity index (χ1v) is 5.84. The summed E-state index contributed by atoms with van der Waals surface area (Å²) >= 11 is 0. The van der Waals surface area contributed by atoms with Gasteiger partial charge in [-0.25, -0.2) is 0 Å². The molecule has 0 unspecified atom stereocenters. The van der Waals surface area contributed by atoms with Gasteiger partial charge >= 0.3 is 0 Å². The van der Waals surface area contributed by atoms with Crippen LogP contribution in [0.15, 0.2) is 23.2 Å². The summed E-state index contributed by atoms with van der Waals surface area (Å²) in [6.45, 7) is 8.68. The highest BCUT2D eigenvalue weighted by atomic mass is 14.7. The molecule has 0 heterocycles. The second-order valence-electron chi connectivity index (χ2n) is 4.15. The molecule has 1 rings (SSSR count). The zero-order chi connectivity index (χ0) is 11.3. The van der Waals surface area contributed by atoms with Crippen molar-refractivity contribution in [2.24, 2.45) is 10.9 Å². The van der Waals surface area contributed by atoms with Crippen molar-refractivity contribution in [2.75, 3.05) is 0 Å². The number of nitrogens with zero attached hydrogens (tertiary/aromatic N) is 1.